The normalized spacial score (nSPS) is 15.1. The zero-order valence-electron chi connectivity index (χ0n) is 11.6. The first-order chi connectivity index (χ1) is 8.85. The Morgan fingerprint density at radius 2 is 1.89 bits per heavy atom. The molecule has 0 aliphatic rings. The maximum Gasteiger partial charge on any atom is 0.212 e. The Balaban J connectivity index is 2.44. The molecule has 0 amide bonds. The van der Waals surface area contributed by atoms with Gasteiger partial charge in [0.1, 0.15) is 0 Å². The van der Waals surface area contributed by atoms with E-state index in [9.17, 15) is 13.5 Å². The molecule has 0 spiro atoms. The molecule has 0 aliphatic carbocycles. The van der Waals surface area contributed by atoms with E-state index in [1.807, 2.05) is 37.3 Å². The highest BCUT2D eigenvalue weighted by Crippen LogP contribution is 2.10. The van der Waals surface area contributed by atoms with Gasteiger partial charge in [-0.25, -0.2) is 13.1 Å². The van der Waals surface area contributed by atoms with Crippen molar-refractivity contribution in [2.24, 2.45) is 0 Å². The van der Waals surface area contributed by atoms with E-state index in [0.29, 0.717) is 12.8 Å². The van der Waals surface area contributed by atoms with Crippen LogP contribution >= 0.6 is 0 Å². The third-order valence-corrected chi connectivity index (χ3v) is 4.29. The van der Waals surface area contributed by atoms with Crippen LogP contribution in [-0.2, 0) is 16.4 Å². The van der Waals surface area contributed by atoms with Crippen molar-refractivity contribution in [3.63, 3.8) is 0 Å². The monoisotopic (exact) mass is 285 g/mol. The van der Waals surface area contributed by atoms with Crippen molar-refractivity contribution in [3.05, 3.63) is 35.9 Å². The van der Waals surface area contributed by atoms with Gasteiger partial charge < -0.3 is 5.11 Å². The number of benzene rings is 1. The van der Waals surface area contributed by atoms with E-state index in [1.165, 1.54) is 0 Å². The predicted octanol–water partition coefficient (Wildman–Crippen LogP) is 1.70. The number of hydrogen-bond donors (Lipinski definition) is 2. The van der Waals surface area contributed by atoms with Gasteiger partial charge >= 0.3 is 0 Å². The molecule has 108 valence electrons. The molecule has 1 atom stereocenters. The Morgan fingerprint density at radius 3 is 2.47 bits per heavy atom. The Morgan fingerprint density at radius 1 is 1.26 bits per heavy atom. The molecule has 4 nitrogen and oxygen atoms in total. The first-order valence-corrected chi connectivity index (χ1v) is 8.23. The molecule has 2 N–H and O–H groups in total. The second kappa shape index (κ2) is 7.03. The lowest BCUT2D eigenvalue weighted by Gasteiger charge is -2.22. The van der Waals surface area contributed by atoms with E-state index in [-0.39, 0.29) is 12.3 Å². The molecule has 1 aromatic carbocycles. The third-order valence-electron chi connectivity index (χ3n) is 2.96. The van der Waals surface area contributed by atoms with Gasteiger partial charge in [0.2, 0.25) is 10.0 Å². The molecule has 0 radical (unpaired) electrons. The standard InChI is InChI=1S/C14H23NO3S/c1-3-10-14(2,16)12-15-19(17,18)11-9-13-7-5-4-6-8-13/h4-8,15-16H,3,9-12H2,1-2H3. The van der Waals surface area contributed by atoms with Crippen LogP contribution in [0.4, 0.5) is 0 Å². The highest BCUT2D eigenvalue weighted by atomic mass is 32.2. The van der Waals surface area contributed by atoms with Crippen molar-refractivity contribution in [1.29, 1.82) is 0 Å². The minimum absolute atomic E-state index is 0.0409. The fourth-order valence-corrected chi connectivity index (χ4v) is 3.04. The molecule has 0 bridgehead atoms. The maximum atomic E-state index is 11.8. The summed E-state index contributed by atoms with van der Waals surface area (Å²) in [6.07, 6.45) is 1.87. The van der Waals surface area contributed by atoms with E-state index in [4.69, 9.17) is 0 Å². The average Bonchev–Trinajstić information content (AvgIpc) is 2.36. The molecule has 1 aromatic rings. The van der Waals surface area contributed by atoms with E-state index >= 15 is 0 Å². The quantitative estimate of drug-likeness (QED) is 0.764. The smallest absolute Gasteiger partial charge is 0.212 e. The molecule has 0 fully saturated rings. The van der Waals surface area contributed by atoms with Crippen molar-refractivity contribution in [3.8, 4) is 0 Å². The summed E-state index contributed by atoms with van der Waals surface area (Å²) in [5.41, 5.74) is 0.0161. The Hall–Kier alpha value is -0.910. The number of hydrogen-bond acceptors (Lipinski definition) is 3. The van der Waals surface area contributed by atoms with Crippen LogP contribution in [0.15, 0.2) is 30.3 Å². The summed E-state index contributed by atoms with van der Waals surface area (Å²) in [6.45, 7) is 3.67. The van der Waals surface area contributed by atoms with E-state index in [0.717, 1.165) is 12.0 Å². The Labute approximate surface area is 115 Å². The fraction of sp³-hybridized carbons (Fsp3) is 0.571. The minimum Gasteiger partial charge on any atom is -0.389 e. The van der Waals surface area contributed by atoms with Gasteiger partial charge in [0.25, 0.3) is 0 Å². The van der Waals surface area contributed by atoms with Crippen molar-refractivity contribution in [2.75, 3.05) is 12.3 Å². The average molecular weight is 285 g/mol. The third kappa shape index (κ3) is 6.71. The van der Waals surface area contributed by atoms with Crippen molar-refractivity contribution < 1.29 is 13.5 Å². The van der Waals surface area contributed by atoms with Crippen LogP contribution < -0.4 is 4.72 Å². The van der Waals surface area contributed by atoms with Gasteiger partial charge in [-0.15, -0.1) is 0 Å². The molecule has 0 aliphatic heterocycles. The van der Waals surface area contributed by atoms with Gasteiger partial charge in [-0.2, -0.15) is 0 Å². The molecule has 0 saturated carbocycles. The molecular formula is C14H23NO3S. The number of nitrogens with one attached hydrogen (secondary N) is 1. The summed E-state index contributed by atoms with van der Waals surface area (Å²) in [7, 11) is -3.34. The SMILES string of the molecule is CCCC(C)(O)CNS(=O)(=O)CCc1ccccc1. The summed E-state index contributed by atoms with van der Waals surface area (Å²) in [4.78, 5) is 0. The molecule has 5 heteroatoms. The molecular weight excluding hydrogens is 262 g/mol. The zero-order valence-corrected chi connectivity index (χ0v) is 12.4. The van der Waals surface area contributed by atoms with Crippen molar-refractivity contribution in [2.45, 2.75) is 38.7 Å². The highest BCUT2D eigenvalue weighted by Gasteiger charge is 2.22. The highest BCUT2D eigenvalue weighted by molar-refractivity contribution is 7.89. The topological polar surface area (TPSA) is 66.4 Å². The van der Waals surface area contributed by atoms with Crippen LogP contribution in [0, 0.1) is 0 Å². The van der Waals surface area contributed by atoms with Crippen LogP contribution in [0.5, 0.6) is 0 Å². The summed E-state index contributed by atoms with van der Waals surface area (Å²) in [5, 5.41) is 9.94. The molecule has 0 saturated heterocycles. The Kier molecular flexibility index (Phi) is 5.97. The van der Waals surface area contributed by atoms with Crippen molar-refractivity contribution >= 4 is 10.0 Å². The molecule has 1 rings (SSSR count). The van der Waals surface area contributed by atoms with Crippen molar-refractivity contribution in [1.82, 2.24) is 4.72 Å². The van der Waals surface area contributed by atoms with Crippen LogP contribution in [0.2, 0.25) is 0 Å². The molecule has 0 aromatic heterocycles. The summed E-state index contributed by atoms with van der Waals surface area (Å²) >= 11 is 0. The lowest BCUT2D eigenvalue weighted by molar-refractivity contribution is 0.0554. The minimum atomic E-state index is -3.34. The summed E-state index contributed by atoms with van der Waals surface area (Å²) < 4.78 is 26.1. The first-order valence-electron chi connectivity index (χ1n) is 6.58. The number of aryl methyl sites for hydroxylation is 1. The van der Waals surface area contributed by atoms with Crippen LogP contribution in [-0.4, -0.2) is 31.4 Å². The van der Waals surface area contributed by atoms with Gasteiger partial charge in [0, 0.05) is 6.54 Å². The van der Waals surface area contributed by atoms with Gasteiger partial charge in [0.15, 0.2) is 0 Å². The van der Waals surface area contributed by atoms with Crippen LogP contribution in [0.3, 0.4) is 0 Å². The van der Waals surface area contributed by atoms with Crippen LogP contribution in [0.25, 0.3) is 0 Å². The van der Waals surface area contributed by atoms with Gasteiger partial charge in [-0.05, 0) is 25.3 Å². The predicted molar refractivity (Wildman–Crippen MR) is 77.5 cm³/mol. The van der Waals surface area contributed by atoms with E-state index in [1.54, 1.807) is 6.92 Å². The maximum absolute atomic E-state index is 11.8. The van der Waals surface area contributed by atoms with Gasteiger partial charge in [-0.3, -0.25) is 0 Å². The molecule has 19 heavy (non-hydrogen) atoms. The molecule has 1 unspecified atom stereocenters. The second-order valence-corrected chi connectivity index (χ2v) is 7.05. The lowest BCUT2D eigenvalue weighted by atomic mass is 10.0. The first kappa shape index (κ1) is 16.1. The largest absolute Gasteiger partial charge is 0.389 e. The molecule has 0 heterocycles. The Bertz CT molecular complexity index is 469. The van der Waals surface area contributed by atoms with Gasteiger partial charge in [0.05, 0.1) is 11.4 Å². The van der Waals surface area contributed by atoms with Gasteiger partial charge in [-0.1, -0.05) is 43.7 Å². The number of rotatable bonds is 8. The van der Waals surface area contributed by atoms with Crippen LogP contribution in [0.1, 0.15) is 32.3 Å². The lowest BCUT2D eigenvalue weighted by Crippen LogP contribution is -2.41. The zero-order chi connectivity index (χ0) is 14.4. The summed E-state index contributed by atoms with van der Waals surface area (Å²) in [6, 6.07) is 9.49. The summed E-state index contributed by atoms with van der Waals surface area (Å²) in [5.74, 6) is 0.0409. The fourth-order valence-electron chi connectivity index (χ4n) is 1.86. The number of sulfonamides is 1. The van der Waals surface area contributed by atoms with E-state index < -0.39 is 15.6 Å². The van der Waals surface area contributed by atoms with E-state index in [2.05, 4.69) is 4.72 Å². The second-order valence-electron chi connectivity index (χ2n) is 5.12. The number of aliphatic hydroxyl groups is 1.